The van der Waals surface area contributed by atoms with Crippen molar-refractivity contribution in [2.45, 2.75) is 11.8 Å². The first-order valence-corrected chi connectivity index (χ1v) is 10.6. The Labute approximate surface area is 197 Å². The molecule has 0 saturated carbocycles. The fourth-order valence-electron chi connectivity index (χ4n) is 3.92. The molecule has 1 spiro atoms. The predicted octanol–water partition coefficient (Wildman–Crippen LogP) is 3.60. The van der Waals surface area contributed by atoms with E-state index in [1.54, 1.807) is 23.1 Å². The minimum atomic E-state index is -1.51. The van der Waals surface area contributed by atoms with Crippen LogP contribution in [-0.4, -0.2) is 43.8 Å². The number of benzene rings is 2. The SMILES string of the molecule is COC(=O)C1=C(C(=O)OC)C2(C=CC(=O)C=C2)OC(/C=C/c2ccccc2)N1c1ccccc1. The van der Waals surface area contributed by atoms with E-state index in [2.05, 4.69) is 0 Å². The van der Waals surface area contributed by atoms with Crippen LogP contribution >= 0.6 is 0 Å². The Balaban J connectivity index is 1.98. The van der Waals surface area contributed by atoms with E-state index in [9.17, 15) is 14.4 Å². The second-order valence-corrected chi connectivity index (χ2v) is 7.55. The highest BCUT2D eigenvalue weighted by Gasteiger charge is 2.50. The van der Waals surface area contributed by atoms with Gasteiger partial charge in [0.05, 0.1) is 14.2 Å². The normalized spacial score (nSPS) is 19.1. The van der Waals surface area contributed by atoms with E-state index >= 15 is 0 Å². The molecule has 34 heavy (non-hydrogen) atoms. The Hall–Kier alpha value is -4.23. The van der Waals surface area contributed by atoms with Gasteiger partial charge in [0.1, 0.15) is 16.9 Å². The first-order valence-electron chi connectivity index (χ1n) is 10.6. The Morgan fingerprint density at radius 1 is 0.912 bits per heavy atom. The zero-order valence-electron chi connectivity index (χ0n) is 18.7. The van der Waals surface area contributed by atoms with E-state index in [0.29, 0.717) is 5.69 Å². The minimum Gasteiger partial charge on any atom is -0.465 e. The molecular formula is C27H23NO6. The van der Waals surface area contributed by atoms with Gasteiger partial charge in [0, 0.05) is 5.69 Å². The van der Waals surface area contributed by atoms with Crippen LogP contribution in [0.4, 0.5) is 5.69 Å². The lowest BCUT2D eigenvalue weighted by Crippen LogP contribution is -2.54. The van der Waals surface area contributed by atoms with Crippen molar-refractivity contribution in [1.29, 1.82) is 0 Å². The number of ketones is 1. The van der Waals surface area contributed by atoms with Crippen LogP contribution in [0.2, 0.25) is 0 Å². The summed E-state index contributed by atoms with van der Waals surface area (Å²) in [6.07, 6.45) is 8.30. The van der Waals surface area contributed by atoms with E-state index in [4.69, 9.17) is 14.2 Å². The molecule has 172 valence electrons. The average Bonchev–Trinajstić information content (AvgIpc) is 2.89. The lowest BCUT2D eigenvalue weighted by atomic mass is 9.85. The van der Waals surface area contributed by atoms with E-state index in [1.165, 1.54) is 38.5 Å². The van der Waals surface area contributed by atoms with Crippen LogP contribution in [0, 0.1) is 0 Å². The summed E-state index contributed by atoms with van der Waals surface area (Å²) in [6.45, 7) is 0. The number of esters is 2. The average molecular weight is 457 g/mol. The summed E-state index contributed by atoms with van der Waals surface area (Å²) in [5.41, 5.74) is -0.128. The molecule has 2 aliphatic rings. The molecule has 2 aromatic carbocycles. The number of para-hydroxylation sites is 1. The molecule has 1 atom stereocenters. The molecule has 1 aliphatic carbocycles. The van der Waals surface area contributed by atoms with Crippen LogP contribution in [0.1, 0.15) is 5.56 Å². The summed E-state index contributed by atoms with van der Waals surface area (Å²) in [5.74, 6) is -1.79. The van der Waals surface area contributed by atoms with Crippen LogP contribution < -0.4 is 4.90 Å². The molecular weight excluding hydrogens is 434 g/mol. The van der Waals surface area contributed by atoms with Crippen molar-refractivity contribution in [1.82, 2.24) is 0 Å². The smallest absolute Gasteiger partial charge is 0.355 e. The summed E-state index contributed by atoms with van der Waals surface area (Å²) in [7, 11) is 2.45. The van der Waals surface area contributed by atoms with Gasteiger partial charge < -0.3 is 19.1 Å². The number of hydrogen-bond acceptors (Lipinski definition) is 7. The number of carbonyl (C=O) groups excluding carboxylic acids is 3. The number of rotatable bonds is 5. The van der Waals surface area contributed by atoms with Crippen LogP contribution in [0.3, 0.4) is 0 Å². The summed E-state index contributed by atoms with van der Waals surface area (Å²) in [4.78, 5) is 39.7. The molecule has 1 heterocycles. The lowest BCUT2D eigenvalue weighted by Gasteiger charge is -2.45. The van der Waals surface area contributed by atoms with Gasteiger partial charge >= 0.3 is 11.9 Å². The summed E-state index contributed by atoms with van der Waals surface area (Å²) in [6, 6.07) is 18.6. The Bertz CT molecular complexity index is 1190. The summed E-state index contributed by atoms with van der Waals surface area (Å²) < 4.78 is 16.6. The predicted molar refractivity (Wildman–Crippen MR) is 126 cm³/mol. The molecule has 2 aromatic rings. The Kier molecular flexibility index (Phi) is 6.56. The Morgan fingerprint density at radius 3 is 2.09 bits per heavy atom. The first kappa shape index (κ1) is 22.9. The van der Waals surface area contributed by atoms with Gasteiger partial charge in [0.2, 0.25) is 0 Å². The molecule has 0 fully saturated rings. The zero-order valence-corrected chi connectivity index (χ0v) is 18.7. The maximum Gasteiger partial charge on any atom is 0.355 e. The number of allylic oxidation sites excluding steroid dienone is 2. The molecule has 0 radical (unpaired) electrons. The fraction of sp³-hybridized carbons (Fsp3) is 0.148. The van der Waals surface area contributed by atoms with E-state index in [-0.39, 0.29) is 17.1 Å². The molecule has 1 aliphatic heterocycles. The van der Waals surface area contributed by atoms with Gasteiger partial charge in [-0.1, -0.05) is 54.6 Å². The van der Waals surface area contributed by atoms with E-state index in [0.717, 1.165) is 5.56 Å². The Morgan fingerprint density at radius 2 is 1.50 bits per heavy atom. The van der Waals surface area contributed by atoms with Crippen molar-refractivity contribution in [3.05, 3.63) is 108 Å². The van der Waals surface area contributed by atoms with Gasteiger partial charge in [-0.2, -0.15) is 0 Å². The van der Waals surface area contributed by atoms with Crippen molar-refractivity contribution >= 4 is 29.5 Å². The standard InChI is InChI=1S/C27H23NO6/c1-32-25(30)23-24(26(31)33-2)28(20-11-7-4-8-12-20)22(14-13-19-9-5-3-6-10-19)34-27(23)17-15-21(29)16-18-27/h3-18,22H,1-2H3/b14-13+. The highest BCUT2D eigenvalue weighted by atomic mass is 16.6. The van der Waals surface area contributed by atoms with Crippen molar-refractivity contribution in [2.75, 3.05) is 19.1 Å². The van der Waals surface area contributed by atoms with Crippen LogP contribution in [0.15, 0.2) is 102 Å². The number of hydrogen-bond donors (Lipinski definition) is 0. The lowest BCUT2D eigenvalue weighted by molar-refractivity contribution is -0.143. The maximum atomic E-state index is 13.2. The molecule has 0 bridgehead atoms. The second kappa shape index (κ2) is 9.72. The van der Waals surface area contributed by atoms with Crippen molar-refractivity contribution < 1.29 is 28.6 Å². The summed E-state index contributed by atoms with van der Waals surface area (Å²) >= 11 is 0. The largest absolute Gasteiger partial charge is 0.465 e. The van der Waals surface area contributed by atoms with Crippen LogP contribution in [-0.2, 0) is 28.6 Å². The quantitative estimate of drug-likeness (QED) is 0.635. The first-order chi connectivity index (χ1) is 16.5. The number of carbonyl (C=O) groups is 3. The summed E-state index contributed by atoms with van der Waals surface area (Å²) in [5, 5.41) is 0. The minimum absolute atomic E-state index is 0.0434. The van der Waals surface area contributed by atoms with Gasteiger partial charge in [-0.25, -0.2) is 9.59 Å². The monoisotopic (exact) mass is 457 g/mol. The maximum absolute atomic E-state index is 13.2. The highest BCUT2D eigenvalue weighted by molar-refractivity contribution is 6.07. The van der Waals surface area contributed by atoms with Crippen molar-refractivity contribution in [3.8, 4) is 0 Å². The third kappa shape index (κ3) is 4.33. The van der Waals surface area contributed by atoms with Gasteiger partial charge in [0.15, 0.2) is 12.0 Å². The van der Waals surface area contributed by atoms with Gasteiger partial charge in [-0.3, -0.25) is 4.79 Å². The molecule has 0 amide bonds. The van der Waals surface area contributed by atoms with Gasteiger partial charge in [0.25, 0.3) is 0 Å². The van der Waals surface area contributed by atoms with E-state index < -0.39 is 23.8 Å². The zero-order chi connectivity index (χ0) is 24.1. The molecule has 0 saturated heterocycles. The molecule has 0 aromatic heterocycles. The third-order valence-electron chi connectivity index (χ3n) is 5.48. The van der Waals surface area contributed by atoms with Crippen molar-refractivity contribution in [3.63, 3.8) is 0 Å². The number of anilines is 1. The third-order valence-corrected chi connectivity index (χ3v) is 5.48. The van der Waals surface area contributed by atoms with Crippen LogP contribution in [0.5, 0.6) is 0 Å². The van der Waals surface area contributed by atoms with E-state index in [1.807, 2.05) is 54.6 Å². The fourth-order valence-corrected chi connectivity index (χ4v) is 3.92. The molecule has 4 rings (SSSR count). The number of ether oxygens (including phenoxy) is 3. The van der Waals surface area contributed by atoms with Crippen LogP contribution in [0.25, 0.3) is 6.08 Å². The molecule has 0 N–H and O–H groups in total. The second-order valence-electron chi connectivity index (χ2n) is 7.55. The number of nitrogens with zero attached hydrogens (tertiary/aromatic N) is 1. The van der Waals surface area contributed by atoms with Gasteiger partial charge in [-0.15, -0.1) is 0 Å². The van der Waals surface area contributed by atoms with Crippen molar-refractivity contribution in [2.24, 2.45) is 0 Å². The highest BCUT2D eigenvalue weighted by Crippen LogP contribution is 2.42. The molecule has 1 unspecified atom stereocenters. The molecule has 7 nitrogen and oxygen atoms in total. The topological polar surface area (TPSA) is 82.1 Å². The number of methoxy groups -OCH3 is 2. The molecule has 7 heteroatoms. The van der Waals surface area contributed by atoms with Gasteiger partial charge in [-0.05, 0) is 48.1 Å².